The van der Waals surface area contributed by atoms with E-state index in [-0.39, 0.29) is 49.4 Å². The third-order valence-corrected chi connectivity index (χ3v) is 4.99. The van der Waals surface area contributed by atoms with E-state index in [1.807, 2.05) is 13.8 Å². The van der Waals surface area contributed by atoms with Crippen molar-refractivity contribution in [2.75, 3.05) is 32.8 Å². The molecule has 0 unspecified atom stereocenters. The minimum absolute atomic E-state index is 0.0577. The molecule has 160 valence electrons. The van der Waals surface area contributed by atoms with Crippen molar-refractivity contribution in [2.24, 2.45) is 11.7 Å². The zero-order valence-corrected chi connectivity index (χ0v) is 17.6. The number of ether oxygens (including phenoxy) is 1. The Hall–Kier alpha value is -2.32. The molecular formula is C20H29ClN4O4. The molecular weight excluding hydrogens is 396 g/mol. The fourth-order valence-corrected chi connectivity index (χ4v) is 3.13. The van der Waals surface area contributed by atoms with Crippen LogP contribution in [0.3, 0.4) is 0 Å². The number of rotatable bonds is 2. The number of hydrogen-bond acceptors (Lipinski definition) is 5. The summed E-state index contributed by atoms with van der Waals surface area (Å²) in [5.41, 5.74) is 5.82. The van der Waals surface area contributed by atoms with Gasteiger partial charge in [-0.25, -0.2) is 0 Å². The van der Waals surface area contributed by atoms with E-state index >= 15 is 0 Å². The lowest BCUT2D eigenvalue weighted by molar-refractivity contribution is -0.135. The van der Waals surface area contributed by atoms with Gasteiger partial charge < -0.3 is 26.0 Å². The molecule has 0 saturated heterocycles. The van der Waals surface area contributed by atoms with Gasteiger partial charge in [0, 0.05) is 18.1 Å². The molecule has 0 radical (unpaired) electrons. The first kappa shape index (κ1) is 23.0. The molecule has 8 nitrogen and oxygen atoms in total. The Kier molecular flexibility index (Phi) is 8.72. The predicted octanol–water partition coefficient (Wildman–Crippen LogP) is 1.17. The Balaban J connectivity index is 2.24. The van der Waals surface area contributed by atoms with Crippen LogP contribution in [0.15, 0.2) is 18.2 Å². The molecule has 4 N–H and O–H groups in total. The van der Waals surface area contributed by atoms with Crippen LogP contribution in [0.4, 0.5) is 0 Å². The number of hydrogen-bond donors (Lipinski definition) is 3. The van der Waals surface area contributed by atoms with Gasteiger partial charge in [0.2, 0.25) is 11.8 Å². The lowest BCUT2D eigenvalue weighted by Gasteiger charge is -2.26. The molecule has 1 aromatic carbocycles. The van der Waals surface area contributed by atoms with Gasteiger partial charge in [0.25, 0.3) is 5.91 Å². The SMILES string of the molecule is CC(C)[C@H]1COc2ccc(Cl)cc2C(=O)NCCCCN(C(=O)CN)CC(=O)N1. The summed E-state index contributed by atoms with van der Waals surface area (Å²) in [5.74, 6) is -0.348. The van der Waals surface area contributed by atoms with Crippen LogP contribution in [0.5, 0.6) is 5.75 Å². The van der Waals surface area contributed by atoms with Crippen molar-refractivity contribution in [3.63, 3.8) is 0 Å². The van der Waals surface area contributed by atoms with Crippen molar-refractivity contribution in [3.05, 3.63) is 28.8 Å². The van der Waals surface area contributed by atoms with Crippen molar-refractivity contribution in [1.29, 1.82) is 0 Å². The molecule has 0 spiro atoms. The third kappa shape index (κ3) is 6.90. The van der Waals surface area contributed by atoms with E-state index in [4.69, 9.17) is 22.1 Å². The maximum atomic E-state index is 12.6. The smallest absolute Gasteiger partial charge is 0.255 e. The molecule has 1 aliphatic rings. The Labute approximate surface area is 176 Å². The lowest BCUT2D eigenvalue weighted by atomic mass is 10.1. The Morgan fingerprint density at radius 3 is 2.79 bits per heavy atom. The normalized spacial score (nSPS) is 19.3. The molecule has 1 aromatic rings. The number of amides is 3. The van der Waals surface area contributed by atoms with Gasteiger partial charge in [-0.2, -0.15) is 0 Å². The van der Waals surface area contributed by atoms with Crippen LogP contribution in [0.25, 0.3) is 0 Å². The summed E-state index contributed by atoms with van der Waals surface area (Å²) in [5, 5.41) is 6.21. The summed E-state index contributed by atoms with van der Waals surface area (Å²) in [4.78, 5) is 38.6. The maximum Gasteiger partial charge on any atom is 0.255 e. The number of fused-ring (bicyclic) bond motifs is 1. The molecule has 1 atom stereocenters. The van der Waals surface area contributed by atoms with E-state index in [1.165, 1.54) is 4.90 Å². The van der Waals surface area contributed by atoms with Crippen molar-refractivity contribution >= 4 is 29.3 Å². The maximum absolute atomic E-state index is 12.6. The molecule has 0 fully saturated rings. The van der Waals surface area contributed by atoms with E-state index in [9.17, 15) is 14.4 Å². The minimum atomic E-state index is -0.297. The molecule has 29 heavy (non-hydrogen) atoms. The van der Waals surface area contributed by atoms with E-state index in [0.717, 1.165) is 0 Å². The summed E-state index contributed by atoms with van der Waals surface area (Å²) in [6.45, 7) is 4.70. The van der Waals surface area contributed by atoms with Crippen molar-refractivity contribution in [3.8, 4) is 5.75 Å². The number of benzene rings is 1. The van der Waals surface area contributed by atoms with Crippen molar-refractivity contribution in [2.45, 2.75) is 32.7 Å². The van der Waals surface area contributed by atoms with Crippen molar-refractivity contribution in [1.82, 2.24) is 15.5 Å². The highest BCUT2D eigenvalue weighted by molar-refractivity contribution is 6.31. The van der Waals surface area contributed by atoms with Gasteiger partial charge in [-0.15, -0.1) is 0 Å². The number of carbonyl (C=O) groups excluding carboxylic acids is 3. The van der Waals surface area contributed by atoms with E-state index in [0.29, 0.717) is 42.3 Å². The van der Waals surface area contributed by atoms with Crippen molar-refractivity contribution < 1.29 is 19.1 Å². The van der Waals surface area contributed by atoms with Gasteiger partial charge in [-0.05, 0) is 37.0 Å². The van der Waals surface area contributed by atoms with Crippen LogP contribution in [0.1, 0.15) is 37.0 Å². The summed E-state index contributed by atoms with van der Waals surface area (Å²) in [6, 6.07) is 4.57. The van der Waals surface area contributed by atoms with Gasteiger partial charge in [-0.1, -0.05) is 25.4 Å². The topological polar surface area (TPSA) is 114 Å². The van der Waals surface area contributed by atoms with Gasteiger partial charge >= 0.3 is 0 Å². The molecule has 3 amide bonds. The molecule has 0 aliphatic carbocycles. The van der Waals surface area contributed by atoms with Gasteiger partial charge in [0.05, 0.1) is 24.7 Å². The molecule has 0 saturated carbocycles. The van der Waals surface area contributed by atoms with Gasteiger partial charge in [-0.3, -0.25) is 14.4 Å². The average Bonchev–Trinajstić information content (AvgIpc) is 2.69. The first-order chi connectivity index (χ1) is 13.8. The second-order valence-electron chi connectivity index (χ2n) is 7.35. The quantitative estimate of drug-likeness (QED) is 0.659. The second kappa shape index (κ2) is 11.0. The fraction of sp³-hybridized carbons (Fsp3) is 0.550. The van der Waals surface area contributed by atoms with E-state index in [1.54, 1.807) is 18.2 Å². The van der Waals surface area contributed by atoms with Crippen LogP contribution >= 0.6 is 11.6 Å². The number of nitrogens with one attached hydrogen (secondary N) is 2. The summed E-state index contributed by atoms with van der Waals surface area (Å²) < 4.78 is 5.87. The number of halogens is 1. The Morgan fingerprint density at radius 1 is 1.34 bits per heavy atom. The highest BCUT2D eigenvalue weighted by atomic mass is 35.5. The summed E-state index contributed by atoms with van der Waals surface area (Å²) >= 11 is 6.05. The second-order valence-corrected chi connectivity index (χ2v) is 7.79. The van der Waals surface area contributed by atoms with E-state index in [2.05, 4.69) is 10.6 Å². The first-order valence-corrected chi connectivity index (χ1v) is 10.2. The Bertz CT molecular complexity index is 741. The predicted molar refractivity (Wildman–Crippen MR) is 111 cm³/mol. The molecule has 0 bridgehead atoms. The first-order valence-electron chi connectivity index (χ1n) is 9.79. The zero-order valence-electron chi connectivity index (χ0n) is 16.9. The average molecular weight is 425 g/mol. The largest absolute Gasteiger partial charge is 0.491 e. The molecule has 0 aromatic heterocycles. The molecule has 9 heteroatoms. The van der Waals surface area contributed by atoms with E-state index < -0.39 is 0 Å². The van der Waals surface area contributed by atoms with Gasteiger partial charge in [0.15, 0.2) is 0 Å². The fourth-order valence-electron chi connectivity index (χ4n) is 2.96. The molecule has 1 heterocycles. The lowest BCUT2D eigenvalue weighted by Crippen LogP contribution is -2.49. The summed E-state index contributed by atoms with van der Waals surface area (Å²) in [6.07, 6.45) is 1.28. The highest BCUT2D eigenvalue weighted by Crippen LogP contribution is 2.23. The summed E-state index contributed by atoms with van der Waals surface area (Å²) in [7, 11) is 0. The molecule has 1 aliphatic heterocycles. The van der Waals surface area contributed by atoms with Gasteiger partial charge in [0.1, 0.15) is 12.4 Å². The number of carbonyl (C=O) groups is 3. The number of nitrogens with zero attached hydrogens (tertiary/aromatic N) is 1. The monoisotopic (exact) mass is 424 g/mol. The minimum Gasteiger partial charge on any atom is -0.491 e. The van der Waals surface area contributed by atoms with Crippen LogP contribution < -0.4 is 21.1 Å². The van der Waals surface area contributed by atoms with Crippen LogP contribution in [-0.2, 0) is 9.59 Å². The van der Waals surface area contributed by atoms with Crippen LogP contribution in [0, 0.1) is 5.92 Å². The standard InChI is InChI=1S/C20H29ClN4O4/c1-13(2)16-12-29-17-6-5-14(21)9-15(17)20(28)23-7-3-4-8-25(19(27)10-22)11-18(26)24-16/h5-6,9,13,16H,3-4,7-8,10-12,22H2,1-2H3,(H,23,28)(H,24,26)/t16-/m1/s1. The highest BCUT2D eigenvalue weighted by Gasteiger charge is 2.22. The van der Waals surface area contributed by atoms with Crippen LogP contribution in [-0.4, -0.2) is 61.4 Å². The molecule has 2 rings (SSSR count). The Morgan fingerprint density at radius 2 is 2.10 bits per heavy atom. The third-order valence-electron chi connectivity index (χ3n) is 4.76. The van der Waals surface area contributed by atoms with Crippen LogP contribution in [0.2, 0.25) is 5.02 Å². The number of nitrogens with two attached hydrogens (primary N) is 1. The zero-order chi connectivity index (χ0) is 21.4.